The normalized spacial score (nSPS) is 20.5. The lowest BCUT2D eigenvalue weighted by molar-refractivity contribution is 0.414. The third kappa shape index (κ3) is 3.84. The summed E-state index contributed by atoms with van der Waals surface area (Å²) in [7, 11) is 0. The minimum absolute atomic E-state index is 0.480. The zero-order chi connectivity index (χ0) is 13.8. The Balaban J connectivity index is 2.05. The molecule has 0 nitrogen and oxygen atoms in total. The smallest absolute Gasteiger partial charge is 0.0423 e. The average molecular weight is 323 g/mol. The molecule has 2 unspecified atom stereocenters. The fourth-order valence-electron chi connectivity index (χ4n) is 3.03. The summed E-state index contributed by atoms with van der Waals surface area (Å²) < 4.78 is 0. The van der Waals surface area contributed by atoms with Crippen LogP contribution >= 0.6 is 15.9 Å². The molecule has 0 bridgehead atoms. The maximum absolute atomic E-state index is 3.87. The molecule has 0 heterocycles. The number of hydrogen-bond acceptors (Lipinski definition) is 0. The van der Waals surface area contributed by atoms with Crippen molar-refractivity contribution in [3.05, 3.63) is 35.4 Å². The van der Waals surface area contributed by atoms with Gasteiger partial charge in [-0.2, -0.15) is 0 Å². The van der Waals surface area contributed by atoms with Crippen LogP contribution in [0.25, 0.3) is 0 Å². The Hall–Kier alpha value is -0.300. The van der Waals surface area contributed by atoms with Crippen LogP contribution in [0.5, 0.6) is 0 Å². The van der Waals surface area contributed by atoms with E-state index in [0.29, 0.717) is 16.7 Å². The maximum Gasteiger partial charge on any atom is 0.0423 e. The Bertz CT molecular complexity index is 373. The van der Waals surface area contributed by atoms with Crippen molar-refractivity contribution in [2.75, 3.05) is 0 Å². The lowest BCUT2D eigenvalue weighted by atomic mass is 9.83. The molecule has 2 rings (SSSR count). The fraction of sp³-hybridized carbons (Fsp3) is 0.667. The Morgan fingerprint density at radius 1 is 0.947 bits per heavy atom. The van der Waals surface area contributed by atoms with Crippen molar-refractivity contribution in [1.29, 1.82) is 0 Å². The van der Waals surface area contributed by atoms with Crippen LogP contribution in [-0.2, 0) is 0 Å². The number of hydrogen-bond donors (Lipinski definition) is 0. The zero-order valence-electron chi connectivity index (χ0n) is 12.5. The van der Waals surface area contributed by atoms with Crippen LogP contribution in [0.4, 0.5) is 0 Å². The first kappa shape index (κ1) is 15.1. The standard InChI is InChI=1S/C18H27Br/c1-13(2)14(3)18(19)17-11-9-16(10-12-17)15-7-5-4-6-8-15/h9-15,18H,4-8H2,1-3H3. The van der Waals surface area contributed by atoms with E-state index in [9.17, 15) is 0 Å². The summed E-state index contributed by atoms with van der Waals surface area (Å²) in [5, 5.41) is 0. The average Bonchev–Trinajstić information content (AvgIpc) is 2.46. The van der Waals surface area contributed by atoms with Gasteiger partial charge < -0.3 is 0 Å². The van der Waals surface area contributed by atoms with Gasteiger partial charge in [0.25, 0.3) is 0 Å². The van der Waals surface area contributed by atoms with Crippen LogP contribution in [0.15, 0.2) is 24.3 Å². The molecule has 1 heteroatoms. The predicted octanol–water partition coefficient (Wildman–Crippen LogP) is 6.46. The highest BCUT2D eigenvalue weighted by Crippen LogP contribution is 2.37. The summed E-state index contributed by atoms with van der Waals surface area (Å²) in [5.41, 5.74) is 2.99. The van der Waals surface area contributed by atoms with Crippen molar-refractivity contribution >= 4 is 15.9 Å². The minimum Gasteiger partial charge on any atom is -0.0836 e. The molecular weight excluding hydrogens is 296 g/mol. The number of rotatable bonds is 4. The maximum atomic E-state index is 3.87. The lowest BCUT2D eigenvalue weighted by Gasteiger charge is -2.24. The first-order chi connectivity index (χ1) is 9.09. The molecule has 1 saturated carbocycles. The molecule has 0 aliphatic heterocycles. The van der Waals surface area contributed by atoms with Gasteiger partial charge in [-0.25, -0.2) is 0 Å². The van der Waals surface area contributed by atoms with Crippen LogP contribution in [0, 0.1) is 11.8 Å². The topological polar surface area (TPSA) is 0 Å². The van der Waals surface area contributed by atoms with Gasteiger partial charge in [0.2, 0.25) is 0 Å². The van der Waals surface area contributed by atoms with Gasteiger partial charge in [-0.05, 0) is 41.7 Å². The van der Waals surface area contributed by atoms with E-state index in [4.69, 9.17) is 0 Å². The van der Waals surface area contributed by atoms with Gasteiger partial charge in [0.15, 0.2) is 0 Å². The molecule has 106 valence electrons. The number of alkyl halides is 1. The molecule has 2 atom stereocenters. The van der Waals surface area contributed by atoms with Crippen LogP contribution in [0.2, 0.25) is 0 Å². The first-order valence-corrected chi connectivity index (χ1v) is 8.75. The van der Waals surface area contributed by atoms with Gasteiger partial charge in [-0.1, -0.05) is 80.2 Å². The van der Waals surface area contributed by atoms with Crippen molar-refractivity contribution in [3.8, 4) is 0 Å². The highest BCUT2D eigenvalue weighted by molar-refractivity contribution is 9.09. The molecule has 1 aromatic rings. The second-order valence-electron chi connectivity index (χ2n) is 6.51. The summed E-state index contributed by atoms with van der Waals surface area (Å²) in [6, 6.07) is 9.41. The van der Waals surface area contributed by atoms with Crippen molar-refractivity contribution < 1.29 is 0 Å². The van der Waals surface area contributed by atoms with Gasteiger partial charge >= 0.3 is 0 Å². The Morgan fingerprint density at radius 2 is 1.53 bits per heavy atom. The van der Waals surface area contributed by atoms with E-state index in [1.807, 2.05) is 0 Å². The molecule has 0 aromatic heterocycles. The third-order valence-electron chi connectivity index (χ3n) is 4.84. The Morgan fingerprint density at radius 3 is 2.05 bits per heavy atom. The quantitative estimate of drug-likeness (QED) is 0.558. The van der Waals surface area contributed by atoms with E-state index in [0.717, 1.165) is 5.92 Å². The zero-order valence-corrected chi connectivity index (χ0v) is 14.1. The molecule has 1 aliphatic carbocycles. The summed E-state index contributed by atoms with van der Waals surface area (Å²) in [4.78, 5) is 0.480. The minimum atomic E-state index is 0.480. The summed E-state index contributed by atoms with van der Waals surface area (Å²) >= 11 is 3.87. The van der Waals surface area contributed by atoms with Crippen molar-refractivity contribution in [3.63, 3.8) is 0 Å². The van der Waals surface area contributed by atoms with Crippen molar-refractivity contribution in [2.45, 2.75) is 63.6 Å². The van der Waals surface area contributed by atoms with Gasteiger partial charge in [-0.15, -0.1) is 0 Å². The fourth-order valence-corrected chi connectivity index (χ4v) is 3.95. The number of benzene rings is 1. The SMILES string of the molecule is CC(C)C(C)C(Br)c1ccc(C2CCCCC2)cc1. The van der Waals surface area contributed by atoms with Gasteiger partial charge in [-0.3, -0.25) is 0 Å². The molecule has 1 aromatic carbocycles. The van der Waals surface area contributed by atoms with Gasteiger partial charge in [0.05, 0.1) is 0 Å². The first-order valence-electron chi connectivity index (χ1n) is 7.83. The van der Waals surface area contributed by atoms with Crippen LogP contribution in [-0.4, -0.2) is 0 Å². The second-order valence-corrected chi connectivity index (χ2v) is 7.49. The van der Waals surface area contributed by atoms with Gasteiger partial charge in [0.1, 0.15) is 0 Å². The molecule has 19 heavy (non-hydrogen) atoms. The Kier molecular flexibility index (Phi) is 5.50. The summed E-state index contributed by atoms with van der Waals surface area (Å²) in [6.07, 6.45) is 7.04. The summed E-state index contributed by atoms with van der Waals surface area (Å²) in [6.45, 7) is 6.93. The van der Waals surface area contributed by atoms with Gasteiger partial charge in [0, 0.05) is 4.83 Å². The van der Waals surface area contributed by atoms with Crippen LogP contribution < -0.4 is 0 Å². The molecule has 0 radical (unpaired) electrons. The molecule has 0 amide bonds. The predicted molar refractivity (Wildman–Crippen MR) is 87.9 cm³/mol. The van der Waals surface area contributed by atoms with E-state index in [-0.39, 0.29) is 0 Å². The van der Waals surface area contributed by atoms with Crippen molar-refractivity contribution in [1.82, 2.24) is 0 Å². The molecule has 1 fully saturated rings. The second kappa shape index (κ2) is 6.92. The van der Waals surface area contributed by atoms with Crippen LogP contribution in [0.3, 0.4) is 0 Å². The van der Waals surface area contributed by atoms with E-state index >= 15 is 0 Å². The largest absolute Gasteiger partial charge is 0.0836 e. The highest BCUT2D eigenvalue weighted by Gasteiger charge is 2.20. The molecule has 0 saturated heterocycles. The Labute approximate surface area is 127 Å². The molecular formula is C18H27Br. The van der Waals surface area contributed by atoms with E-state index in [1.54, 1.807) is 5.56 Å². The molecule has 1 aliphatic rings. The summed E-state index contributed by atoms with van der Waals surface area (Å²) in [5.74, 6) is 2.20. The highest BCUT2D eigenvalue weighted by atomic mass is 79.9. The third-order valence-corrected chi connectivity index (χ3v) is 6.21. The molecule has 0 N–H and O–H groups in total. The monoisotopic (exact) mass is 322 g/mol. The van der Waals surface area contributed by atoms with Crippen LogP contribution in [0.1, 0.15) is 74.7 Å². The van der Waals surface area contributed by atoms with Crippen molar-refractivity contribution in [2.24, 2.45) is 11.8 Å². The van der Waals surface area contributed by atoms with E-state index < -0.39 is 0 Å². The van der Waals surface area contributed by atoms with E-state index in [1.165, 1.54) is 37.7 Å². The van der Waals surface area contributed by atoms with E-state index in [2.05, 4.69) is 61.0 Å². The lowest BCUT2D eigenvalue weighted by Crippen LogP contribution is -2.10. The number of halogens is 1. The molecule has 0 spiro atoms.